The van der Waals surface area contributed by atoms with Crippen LogP contribution in [0.3, 0.4) is 0 Å². The standard InChI is InChI=1S/C22H23N3O2S/c1-4-18-19(15-8-6-5-7-9-15)24-22(28-18)25-21(27)16-10-12-17(13-11-16)23-20(26)14(2)3/h5-14H,4H2,1-3H3,(H,23,26)(H,24,25,27). The molecule has 144 valence electrons. The number of rotatable bonds is 6. The van der Waals surface area contributed by atoms with E-state index in [-0.39, 0.29) is 17.7 Å². The molecule has 2 aromatic carbocycles. The Bertz CT molecular complexity index is 963. The van der Waals surface area contributed by atoms with E-state index in [1.165, 1.54) is 11.3 Å². The monoisotopic (exact) mass is 393 g/mol. The predicted octanol–water partition coefficient (Wildman–Crippen LogP) is 5.22. The van der Waals surface area contributed by atoms with E-state index < -0.39 is 0 Å². The molecule has 0 unspecified atom stereocenters. The second-order valence-electron chi connectivity index (χ2n) is 6.69. The van der Waals surface area contributed by atoms with Crippen molar-refractivity contribution in [2.45, 2.75) is 27.2 Å². The lowest BCUT2D eigenvalue weighted by Crippen LogP contribution is -2.18. The Morgan fingerprint density at radius 3 is 2.29 bits per heavy atom. The molecule has 28 heavy (non-hydrogen) atoms. The molecule has 0 aliphatic rings. The molecule has 0 radical (unpaired) electrons. The fraction of sp³-hybridized carbons (Fsp3) is 0.227. The van der Waals surface area contributed by atoms with Crippen molar-refractivity contribution in [2.24, 2.45) is 5.92 Å². The quantitative estimate of drug-likeness (QED) is 0.603. The van der Waals surface area contributed by atoms with E-state index in [0.717, 1.165) is 22.6 Å². The summed E-state index contributed by atoms with van der Waals surface area (Å²) >= 11 is 1.49. The van der Waals surface area contributed by atoms with Gasteiger partial charge < -0.3 is 5.32 Å². The van der Waals surface area contributed by atoms with Gasteiger partial charge in [0.2, 0.25) is 5.91 Å². The van der Waals surface area contributed by atoms with Gasteiger partial charge in [0.15, 0.2) is 5.13 Å². The van der Waals surface area contributed by atoms with Gasteiger partial charge in [0.05, 0.1) is 5.69 Å². The van der Waals surface area contributed by atoms with E-state index in [1.807, 2.05) is 44.2 Å². The number of hydrogen-bond donors (Lipinski definition) is 2. The Kier molecular flexibility index (Phi) is 6.21. The summed E-state index contributed by atoms with van der Waals surface area (Å²) in [6.45, 7) is 5.74. The highest BCUT2D eigenvalue weighted by Crippen LogP contribution is 2.31. The van der Waals surface area contributed by atoms with Crippen LogP contribution >= 0.6 is 11.3 Å². The van der Waals surface area contributed by atoms with Gasteiger partial charge in [-0.1, -0.05) is 51.1 Å². The van der Waals surface area contributed by atoms with Gasteiger partial charge in [-0.3, -0.25) is 14.9 Å². The van der Waals surface area contributed by atoms with Gasteiger partial charge in [0, 0.05) is 27.6 Å². The first kappa shape index (κ1) is 19.8. The number of aromatic nitrogens is 1. The maximum atomic E-state index is 12.6. The van der Waals surface area contributed by atoms with Crippen molar-refractivity contribution in [1.82, 2.24) is 4.98 Å². The molecule has 0 atom stereocenters. The maximum absolute atomic E-state index is 12.6. The minimum Gasteiger partial charge on any atom is -0.326 e. The average molecular weight is 394 g/mol. The maximum Gasteiger partial charge on any atom is 0.257 e. The summed E-state index contributed by atoms with van der Waals surface area (Å²) in [7, 11) is 0. The summed E-state index contributed by atoms with van der Waals surface area (Å²) in [5.74, 6) is -0.377. The van der Waals surface area contributed by atoms with Crippen LogP contribution in [0.15, 0.2) is 54.6 Å². The zero-order valence-electron chi connectivity index (χ0n) is 16.2. The fourth-order valence-corrected chi connectivity index (χ4v) is 3.55. The lowest BCUT2D eigenvalue weighted by Gasteiger charge is -2.08. The van der Waals surface area contributed by atoms with Crippen LogP contribution in [-0.2, 0) is 11.2 Å². The van der Waals surface area contributed by atoms with Gasteiger partial charge in [0.1, 0.15) is 0 Å². The fourth-order valence-electron chi connectivity index (χ4n) is 2.63. The number of amides is 2. The molecule has 6 heteroatoms. The number of nitrogens with one attached hydrogen (secondary N) is 2. The van der Waals surface area contributed by atoms with Crippen molar-refractivity contribution >= 4 is 34.0 Å². The minimum absolute atomic E-state index is 0.0551. The summed E-state index contributed by atoms with van der Waals surface area (Å²) in [4.78, 5) is 30.1. The molecule has 3 aromatic rings. The van der Waals surface area contributed by atoms with Crippen LogP contribution in [0.2, 0.25) is 0 Å². The average Bonchev–Trinajstić information content (AvgIpc) is 3.12. The second kappa shape index (κ2) is 8.80. The van der Waals surface area contributed by atoms with Crippen LogP contribution in [0.1, 0.15) is 36.0 Å². The van der Waals surface area contributed by atoms with Gasteiger partial charge in [-0.2, -0.15) is 0 Å². The molecule has 0 aliphatic heterocycles. The summed E-state index contributed by atoms with van der Waals surface area (Å²) in [6.07, 6.45) is 0.849. The van der Waals surface area contributed by atoms with Gasteiger partial charge in [-0.25, -0.2) is 4.98 Å². The van der Waals surface area contributed by atoms with Crippen LogP contribution in [0.4, 0.5) is 10.8 Å². The number of aryl methyl sites for hydroxylation is 1. The zero-order valence-corrected chi connectivity index (χ0v) is 17.0. The SMILES string of the molecule is CCc1sc(NC(=O)c2ccc(NC(=O)C(C)C)cc2)nc1-c1ccccc1. The van der Waals surface area contributed by atoms with E-state index in [4.69, 9.17) is 0 Å². The number of anilines is 2. The van der Waals surface area contributed by atoms with Crippen LogP contribution in [0.25, 0.3) is 11.3 Å². The summed E-state index contributed by atoms with van der Waals surface area (Å²) in [6, 6.07) is 16.8. The van der Waals surface area contributed by atoms with Crippen LogP contribution < -0.4 is 10.6 Å². The molecule has 0 spiro atoms. The van der Waals surface area contributed by atoms with E-state index in [2.05, 4.69) is 22.5 Å². The highest BCUT2D eigenvalue weighted by atomic mass is 32.1. The molecule has 0 saturated heterocycles. The lowest BCUT2D eigenvalue weighted by atomic mass is 10.1. The first-order valence-corrected chi connectivity index (χ1v) is 10.1. The van der Waals surface area contributed by atoms with E-state index in [0.29, 0.717) is 16.4 Å². The summed E-state index contributed by atoms with van der Waals surface area (Å²) in [5, 5.41) is 6.28. The zero-order chi connectivity index (χ0) is 20.1. The van der Waals surface area contributed by atoms with E-state index in [9.17, 15) is 9.59 Å². The molecule has 1 heterocycles. The Hall–Kier alpha value is -2.99. The van der Waals surface area contributed by atoms with Crippen molar-refractivity contribution in [3.63, 3.8) is 0 Å². The molecule has 0 bridgehead atoms. The number of carbonyl (C=O) groups is 2. The summed E-state index contributed by atoms with van der Waals surface area (Å²) < 4.78 is 0. The number of nitrogens with zero attached hydrogens (tertiary/aromatic N) is 1. The number of benzene rings is 2. The third kappa shape index (κ3) is 4.64. The van der Waals surface area contributed by atoms with Gasteiger partial charge in [0.25, 0.3) is 5.91 Å². The number of thiazole rings is 1. The molecule has 3 rings (SSSR count). The van der Waals surface area contributed by atoms with Crippen molar-refractivity contribution in [2.75, 3.05) is 10.6 Å². The van der Waals surface area contributed by atoms with Crippen LogP contribution in [0.5, 0.6) is 0 Å². The normalized spacial score (nSPS) is 10.7. The molecule has 5 nitrogen and oxygen atoms in total. The van der Waals surface area contributed by atoms with Crippen LogP contribution in [-0.4, -0.2) is 16.8 Å². The molecule has 2 amide bonds. The highest BCUT2D eigenvalue weighted by Gasteiger charge is 2.15. The van der Waals surface area contributed by atoms with Gasteiger partial charge in [-0.15, -0.1) is 11.3 Å². The second-order valence-corrected chi connectivity index (χ2v) is 7.77. The predicted molar refractivity (Wildman–Crippen MR) is 115 cm³/mol. The van der Waals surface area contributed by atoms with E-state index in [1.54, 1.807) is 24.3 Å². The van der Waals surface area contributed by atoms with Gasteiger partial charge in [-0.05, 0) is 30.7 Å². The first-order valence-electron chi connectivity index (χ1n) is 9.25. The third-order valence-electron chi connectivity index (χ3n) is 4.23. The Morgan fingerprint density at radius 1 is 1.00 bits per heavy atom. The number of hydrogen-bond acceptors (Lipinski definition) is 4. The first-order chi connectivity index (χ1) is 13.5. The van der Waals surface area contributed by atoms with Crippen LogP contribution in [0, 0.1) is 5.92 Å². The van der Waals surface area contributed by atoms with Gasteiger partial charge >= 0.3 is 0 Å². The molecule has 1 aromatic heterocycles. The Balaban J connectivity index is 1.73. The molecule has 0 aliphatic carbocycles. The van der Waals surface area contributed by atoms with Crippen molar-refractivity contribution in [3.8, 4) is 11.3 Å². The molecule has 2 N–H and O–H groups in total. The van der Waals surface area contributed by atoms with Crippen molar-refractivity contribution < 1.29 is 9.59 Å². The Morgan fingerprint density at radius 2 is 1.68 bits per heavy atom. The molecular formula is C22H23N3O2S. The van der Waals surface area contributed by atoms with Crippen molar-refractivity contribution in [3.05, 3.63) is 65.0 Å². The largest absolute Gasteiger partial charge is 0.326 e. The molecule has 0 fully saturated rings. The number of carbonyl (C=O) groups excluding carboxylic acids is 2. The lowest BCUT2D eigenvalue weighted by molar-refractivity contribution is -0.118. The van der Waals surface area contributed by atoms with Crippen molar-refractivity contribution in [1.29, 1.82) is 0 Å². The third-order valence-corrected chi connectivity index (χ3v) is 5.34. The molecular weight excluding hydrogens is 370 g/mol. The van der Waals surface area contributed by atoms with E-state index >= 15 is 0 Å². The summed E-state index contributed by atoms with van der Waals surface area (Å²) in [5.41, 5.74) is 3.14. The smallest absolute Gasteiger partial charge is 0.257 e. The topological polar surface area (TPSA) is 71.1 Å². The minimum atomic E-state index is -0.224. The molecule has 0 saturated carbocycles. The highest BCUT2D eigenvalue weighted by molar-refractivity contribution is 7.16. The Labute approximate surface area is 168 Å².